The van der Waals surface area contributed by atoms with E-state index in [0.29, 0.717) is 5.39 Å². The van der Waals surface area contributed by atoms with E-state index in [1.54, 1.807) is 30.6 Å². The molecule has 0 bridgehead atoms. The zero-order valence-corrected chi connectivity index (χ0v) is 12.5. The van der Waals surface area contributed by atoms with Crippen molar-refractivity contribution >= 4 is 22.1 Å². The summed E-state index contributed by atoms with van der Waals surface area (Å²) in [4.78, 5) is 14.8. The molecule has 5 heteroatoms. The number of nitro groups is 1. The first kappa shape index (κ1) is 15.2. The lowest BCUT2D eigenvalue weighted by atomic mass is 10.1. The maximum absolute atomic E-state index is 11.1. The Morgan fingerprint density at radius 3 is 2.76 bits per heavy atom. The maximum Gasteiger partial charge on any atom is 0.277 e. The Kier molecular flexibility index (Phi) is 5.09. The first-order chi connectivity index (χ1) is 10.1. The van der Waals surface area contributed by atoms with E-state index < -0.39 is 0 Å². The highest BCUT2D eigenvalue weighted by Crippen LogP contribution is 2.30. The lowest BCUT2D eigenvalue weighted by molar-refractivity contribution is -0.383. The zero-order valence-electron chi connectivity index (χ0n) is 12.5. The largest absolute Gasteiger partial charge is 0.384 e. The van der Waals surface area contributed by atoms with E-state index in [1.165, 1.54) is 12.8 Å². The van der Waals surface area contributed by atoms with Crippen molar-refractivity contribution in [3.63, 3.8) is 0 Å². The maximum atomic E-state index is 11.1. The van der Waals surface area contributed by atoms with E-state index in [1.807, 2.05) is 0 Å². The number of anilines is 1. The molecule has 112 valence electrons. The molecule has 0 aliphatic carbocycles. The van der Waals surface area contributed by atoms with Gasteiger partial charge in [-0.3, -0.25) is 15.1 Å². The number of benzene rings is 1. The average Bonchev–Trinajstić information content (AvgIpc) is 2.46. The van der Waals surface area contributed by atoms with Crippen molar-refractivity contribution in [1.29, 1.82) is 0 Å². The summed E-state index contributed by atoms with van der Waals surface area (Å²) < 4.78 is 0. The van der Waals surface area contributed by atoms with Crippen molar-refractivity contribution < 1.29 is 4.92 Å². The quantitative estimate of drug-likeness (QED) is 0.466. The summed E-state index contributed by atoms with van der Waals surface area (Å²) >= 11 is 0. The molecular weight excluding hydrogens is 266 g/mol. The number of hydrogen-bond donors (Lipinski definition) is 1. The molecule has 5 nitrogen and oxygen atoms in total. The SMILES string of the molecule is CC(C)CCCCNc1ccc([N+](=O)[O-])c2ccncc12. The van der Waals surface area contributed by atoms with Gasteiger partial charge in [0.2, 0.25) is 0 Å². The number of fused-ring (bicyclic) bond motifs is 1. The Morgan fingerprint density at radius 2 is 2.05 bits per heavy atom. The molecule has 0 fully saturated rings. The summed E-state index contributed by atoms with van der Waals surface area (Å²) in [6.07, 6.45) is 6.77. The molecule has 0 atom stereocenters. The van der Waals surface area contributed by atoms with Crippen LogP contribution in [0.4, 0.5) is 11.4 Å². The van der Waals surface area contributed by atoms with Crippen LogP contribution in [0.15, 0.2) is 30.6 Å². The van der Waals surface area contributed by atoms with Gasteiger partial charge in [-0.15, -0.1) is 0 Å². The monoisotopic (exact) mass is 287 g/mol. The van der Waals surface area contributed by atoms with Crippen LogP contribution in [0.1, 0.15) is 33.1 Å². The van der Waals surface area contributed by atoms with E-state index in [-0.39, 0.29) is 10.6 Å². The first-order valence-electron chi connectivity index (χ1n) is 7.34. The van der Waals surface area contributed by atoms with Crippen molar-refractivity contribution in [3.05, 3.63) is 40.7 Å². The number of non-ortho nitro benzene ring substituents is 1. The lowest BCUT2D eigenvalue weighted by Gasteiger charge is -2.10. The molecule has 0 saturated carbocycles. The molecule has 1 aromatic carbocycles. The molecule has 0 aliphatic rings. The van der Waals surface area contributed by atoms with Crippen LogP contribution < -0.4 is 5.32 Å². The van der Waals surface area contributed by atoms with Crippen LogP contribution in [0.3, 0.4) is 0 Å². The van der Waals surface area contributed by atoms with Gasteiger partial charge in [-0.2, -0.15) is 0 Å². The average molecular weight is 287 g/mol. The number of nitrogens with zero attached hydrogens (tertiary/aromatic N) is 2. The highest BCUT2D eigenvalue weighted by atomic mass is 16.6. The number of aromatic nitrogens is 1. The van der Waals surface area contributed by atoms with Crippen molar-refractivity contribution in [2.45, 2.75) is 33.1 Å². The van der Waals surface area contributed by atoms with E-state index >= 15 is 0 Å². The second-order valence-electron chi connectivity index (χ2n) is 5.63. The van der Waals surface area contributed by atoms with Crippen LogP contribution in [0, 0.1) is 16.0 Å². The smallest absolute Gasteiger partial charge is 0.277 e. The second-order valence-corrected chi connectivity index (χ2v) is 5.63. The van der Waals surface area contributed by atoms with Crippen molar-refractivity contribution in [2.24, 2.45) is 5.92 Å². The third kappa shape index (κ3) is 3.90. The summed E-state index contributed by atoms with van der Waals surface area (Å²) in [6.45, 7) is 5.32. The topological polar surface area (TPSA) is 68.1 Å². The Hall–Kier alpha value is -2.17. The molecule has 1 aromatic heterocycles. The molecule has 1 heterocycles. The molecule has 2 aromatic rings. The lowest BCUT2D eigenvalue weighted by Crippen LogP contribution is -2.03. The molecule has 1 N–H and O–H groups in total. The molecule has 2 rings (SSSR count). The Bertz CT molecular complexity index is 626. The number of rotatable bonds is 7. The molecular formula is C16H21N3O2. The Labute approximate surface area is 124 Å². The van der Waals surface area contributed by atoms with Crippen molar-refractivity contribution in [1.82, 2.24) is 4.98 Å². The summed E-state index contributed by atoms with van der Waals surface area (Å²) in [6, 6.07) is 5.01. The number of nitrogens with one attached hydrogen (secondary N) is 1. The number of unbranched alkanes of at least 4 members (excludes halogenated alkanes) is 1. The molecule has 0 radical (unpaired) electrons. The number of hydrogen-bond acceptors (Lipinski definition) is 4. The fourth-order valence-electron chi connectivity index (χ4n) is 2.39. The molecule has 0 saturated heterocycles. The van der Waals surface area contributed by atoms with Crippen LogP contribution >= 0.6 is 0 Å². The van der Waals surface area contributed by atoms with Gasteiger partial charge < -0.3 is 5.32 Å². The van der Waals surface area contributed by atoms with E-state index in [2.05, 4.69) is 24.1 Å². The van der Waals surface area contributed by atoms with Gasteiger partial charge in [-0.25, -0.2) is 0 Å². The highest BCUT2D eigenvalue weighted by Gasteiger charge is 2.13. The van der Waals surface area contributed by atoms with Gasteiger partial charge in [0.15, 0.2) is 0 Å². The van der Waals surface area contributed by atoms with Gasteiger partial charge in [0.1, 0.15) is 0 Å². The van der Waals surface area contributed by atoms with Gasteiger partial charge in [-0.05, 0) is 24.5 Å². The van der Waals surface area contributed by atoms with E-state index in [4.69, 9.17) is 0 Å². The fourth-order valence-corrected chi connectivity index (χ4v) is 2.39. The van der Waals surface area contributed by atoms with Crippen LogP contribution in [0.25, 0.3) is 10.8 Å². The molecule has 0 aliphatic heterocycles. The van der Waals surface area contributed by atoms with Crippen LogP contribution in [0.2, 0.25) is 0 Å². The molecule has 0 spiro atoms. The number of pyridine rings is 1. The Balaban J connectivity index is 2.11. The summed E-state index contributed by atoms with van der Waals surface area (Å²) in [5.74, 6) is 0.731. The van der Waals surface area contributed by atoms with Crippen LogP contribution in [-0.2, 0) is 0 Å². The first-order valence-corrected chi connectivity index (χ1v) is 7.34. The molecule has 21 heavy (non-hydrogen) atoms. The minimum atomic E-state index is -0.352. The van der Waals surface area contributed by atoms with E-state index in [9.17, 15) is 10.1 Å². The van der Waals surface area contributed by atoms with Crippen molar-refractivity contribution in [2.75, 3.05) is 11.9 Å². The summed E-state index contributed by atoms with van der Waals surface area (Å²) in [7, 11) is 0. The van der Waals surface area contributed by atoms with E-state index in [0.717, 1.165) is 30.0 Å². The van der Waals surface area contributed by atoms with Gasteiger partial charge in [0.05, 0.1) is 10.3 Å². The third-order valence-electron chi connectivity index (χ3n) is 3.52. The summed E-state index contributed by atoms with van der Waals surface area (Å²) in [5.41, 5.74) is 1.03. The second kappa shape index (κ2) is 7.02. The van der Waals surface area contributed by atoms with Gasteiger partial charge >= 0.3 is 0 Å². The number of nitro benzene ring substituents is 1. The standard InChI is InChI=1S/C16H21N3O2/c1-12(2)5-3-4-9-18-15-6-7-16(19(20)21)13-8-10-17-11-14(13)15/h6-8,10-12,18H,3-5,9H2,1-2H3. The molecule has 0 unspecified atom stereocenters. The fraction of sp³-hybridized carbons (Fsp3) is 0.438. The third-order valence-corrected chi connectivity index (χ3v) is 3.52. The van der Waals surface area contributed by atoms with Crippen molar-refractivity contribution in [3.8, 4) is 0 Å². The van der Waals surface area contributed by atoms with Gasteiger partial charge in [0, 0.05) is 36.1 Å². The van der Waals surface area contributed by atoms with Gasteiger partial charge in [0.25, 0.3) is 5.69 Å². The minimum absolute atomic E-state index is 0.123. The Morgan fingerprint density at radius 1 is 1.24 bits per heavy atom. The summed E-state index contributed by atoms with van der Waals surface area (Å²) in [5, 5.41) is 15.8. The predicted octanol–water partition coefficient (Wildman–Crippen LogP) is 4.38. The predicted molar refractivity (Wildman–Crippen MR) is 85.6 cm³/mol. The molecule has 0 amide bonds. The van der Waals surface area contributed by atoms with Crippen LogP contribution in [0.5, 0.6) is 0 Å². The normalized spacial score (nSPS) is 11.0. The minimum Gasteiger partial charge on any atom is -0.384 e. The van der Waals surface area contributed by atoms with Gasteiger partial charge in [-0.1, -0.05) is 26.7 Å². The van der Waals surface area contributed by atoms with Crippen LogP contribution in [-0.4, -0.2) is 16.5 Å². The highest BCUT2D eigenvalue weighted by molar-refractivity contribution is 5.99. The zero-order chi connectivity index (χ0) is 15.2.